The van der Waals surface area contributed by atoms with E-state index in [-0.39, 0.29) is 25.7 Å². The first-order chi connectivity index (χ1) is 19.9. The molecular formula is C32H65N2O6P. The van der Waals surface area contributed by atoms with Gasteiger partial charge in [-0.1, -0.05) is 142 Å². The molecule has 0 fully saturated rings. The maximum atomic E-state index is 12.6. The summed E-state index contributed by atoms with van der Waals surface area (Å²) in [6.45, 7) is 4.08. The molecule has 0 aromatic heterocycles. The van der Waals surface area contributed by atoms with E-state index < -0.39 is 20.0 Å². The van der Waals surface area contributed by atoms with Gasteiger partial charge in [0.1, 0.15) is 0 Å². The highest BCUT2D eigenvalue weighted by molar-refractivity contribution is 7.47. The van der Waals surface area contributed by atoms with Crippen LogP contribution in [0.15, 0.2) is 12.2 Å². The average molecular weight is 605 g/mol. The number of carbonyl (C=O) groups is 1. The first-order valence-electron chi connectivity index (χ1n) is 16.8. The number of amides is 1. The van der Waals surface area contributed by atoms with Crippen LogP contribution in [0.2, 0.25) is 0 Å². The summed E-state index contributed by atoms with van der Waals surface area (Å²) >= 11 is 0. The monoisotopic (exact) mass is 604 g/mol. The molecule has 5 N–H and O–H groups in total. The molecule has 0 radical (unpaired) electrons. The summed E-state index contributed by atoms with van der Waals surface area (Å²) in [5, 5.41) is 13.5. The molecule has 244 valence electrons. The predicted octanol–water partition coefficient (Wildman–Crippen LogP) is 8.10. The van der Waals surface area contributed by atoms with Crippen molar-refractivity contribution in [3.05, 3.63) is 12.2 Å². The maximum Gasteiger partial charge on any atom is 0.472 e. The molecule has 0 bridgehead atoms. The molecule has 0 aliphatic carbocycles. The minimum absolute atomic E-state index is 0.0805. The second-order valence-corrected chi connectivity index (χ2v) is 12.8. The van der Waals surface area contributed by atoms with Gasteiger partial charge in [0.15, 0.2) is 0 Å². The number of aliphatic hydroxyl groups excluding tert-OH is 1. The number of hydrogen-bond donors (Lipinski definition) is 4. The Kier molecular flexibility index (Phi) is 28.8. The molecule has 41 heavy (non-hydrogen) atoms. The van der Waals surface area contributed by atoms with Gasteiger partial charge in [-0.15, -0.1) is 0 Å². The van der Waals surface area contributed by atoms with Gasteiger partial charge in [-0.25, -0.2) is 4.57 Å². The summed E-state index contributed by atoms with van der Waals surface area (Å²) in [4.78, 5) is 22.4. The number of hydrogen-bond acceptors (Lipinski definition) is 6. The Labute approximate surface area is 252 Å². The summed E-state index contributed by atoms with van der Waals surface area (Å²) in [7, 11) is -4.32. The molecule has 3 atom stereocenters. The van der Waals surface area contributed by atoms with Crippen molar-refractivity contribution in [3.63, 3.8) is 0 Å². The molecular weight excluding hydrogens is 539 g/mol. The molecule has 0 saturated heterocycles. The number of phosphoric ester groups is 1. The van der Waals surface area contributed by atoms with Gasteiger partial charge in [0.05, 0.1) is 25.4 Å². The van der Waals surface area contributed by atoms with Gasteiger partial charge in [-0.05, 0) is 19.3 Å². The van der Waals surface area contributed by atoms with E-state index in [1.165, 1.54) is 96.3 Å². The lowest BCUT2D eigenvalue weighted by Crippen LogP contribution is -2.45. The lowest BCUT2D eigenvalue weighted by Gasteiger charge is -2.23. The Morgan fingerprint density at radius 2 is 1.24 bits per heavy atom. The van der Waals surface area contributed by atoms with Gasteiger partial charge in [-0.3, -0.25) is 13.8 Å². The van der Waals surface area contributed by atoms with Gasteiger partial charge in [0.25, 0.3) is 0 Å². The molecule has 0 saturated carbocycles. The first kappa shape index (κ1) is 40.2. The number of nitrogens with two attached hydrogens (primary N) is 1. The SMILES string of the molecule is CCCCCCCCC/C=C/[C@@H](O)[C@H](COP(=O)(O)OCCN)NC(=O)CCCCCCCCCCCCCCC. The van der Waals surface area contributed by atoms with E-state index in [2.05, 4.69) is 19.2 Å². The summed E-state index contributed by atoms with van der Waals surface area (Å²) in [5.41, 5.74) is 5.33. The third kappa shape index (κ3) is 27.8. The van der Waals surface area contributed by atoms with E-state index in [1.807, 2.05) is 6.08 Å². The quantitative estimate of drug-likeness (QED) is 0.0357. The van der Waals surface area contributed by atoms with Crippen molar-refractivity contribution in [2.45, 2.75) is 167 Å². The smallest absolute Gasteiger partial charge is 0.387 e. The molecule has 0 aliphatic rings. The van der Waals surface area contributed by atoms with Crippen LogP contribution < -0.4 is 11.1 Å². The van der Waals surface area contributed by atoms with E-state index in [0.717, 1.165) is 38.5 Å². The highest BCUT2D eigenvalue weighted by Gasteiger charge is 2.26. The Hall–Kier alpha value is -0.760. The van der Waals surface area contributed by atoms with Crippen LogP contribution in [0, 0.1) is 0 Å². The Morgan fingerprint density at radius 1 is 0.780 bits per heavy atom. The van der Waals surface area contributed by atoms with E-state index in [1.54, 1.807) is 6.08 Å². The molecule has 0 spiro atoms. The van der Waals surface area contributed by atoms with E-state index in [4.69, 9.17) is 14.8 Å². The highest BCUT2D eigenvalue weighted by atomic mass is 31.2. The number of nitrogens with one attached hydrogen (secondary N) is 1. The van der Waals surface area contributed by atoms with Crippen molar-refractivity contribution in [1.82, 2.24) is 5.32 Å². The van der Waals surface area contributed by atoms with Crippen molar-refractivity contribution in [2.24, 2.45) is 5.73 Å². The Balaban J connectivity index is 4.35. The second-order valence-electron chi connectivity index (χ2n) is 11.4. The van der Waals surface area contributed by atoms with Crippen LogP contribution in [0.1, 0.15) is 155 Å². The fourth-order valence-corrected chi connectivity index (χ4v) is 5.54. The average Bonchev–Trinajstić information content (AvgIpc) is 2.95. The minimum Gasteiger partial charge on any atom is -0.387 e. The van der Waals surface area contributed by atoms with Crippen molar-refractivity contribution in [2.75, 3.05) is 19.8 Å². The molecule has 1 unspecified atom stereocenters. The minimum atomic E-state index is -4.32. The maximum absolute atomic E-state index is 12.6. The third-order valence-corrected chi connectivity index (χ3v) is 8.35. The number of unbranched alkanes of at least 4 members (excludes halogenated alkanes) is 19. The van der Waals surface area contributed by atoms with Gasteiger partial charge < -0.3 is 21.1 Å². The largest absolute Gasteiger partial charge is 0.472 e. The zero-order valence-electron chi connectivity index (χ0n) is 26.5. The number of allylic oxidation sites excluding steroid dienone is 1. The molecule has 8 nitrogen and oxygen atoms in total. The van der Waals surface area contributed by atoms with Gasteiger partial charge in [0.2, 0.25) is 5.91 Å². The number of phosphoric acid groups is 1. The molecule has 9 heteroatoms. The van der Waals surface area contributed by atoms with Crippen molar-refractivity contribution < 1.29 is 28.4 Å². The predicted molar refractivity (Wildman–Crippen MR) is 171 cm³/mol. The van der Waals surface area contributed by atoms with Crippen LogP contribution in [0.5, 0.6) is 0 Å². The summed E-state index contributed by atoms with van der Waals surface area (Å²) in [5.74, 6) is -0.197. The van der Waals surface area contributed by atoms with E-state index in [0.29, 0.717) is 6.42 Å². The summed E-state index contributed by atoms with van der Waals surface area (Å²) < 4.78 is 21.9. The van der Waals surface area contributed by atoms with Gasteiger partial charge >= 0.3 is 7.82 Å². The summed E-state index contributed by atoms with van der Waals surface area (Å²) in [6.07, 6.45) is 28.3. The van der Waals surface area contributed by atoms with Crippen LogP contribution in [-0.2, 0) is 18.4 Å². The molecule has 0 aromatic carbocycles. The van der Waals surface area contributed by atoms with Crippen LogP contribution in [-0.4, -0.2) is 47.8 Å². The van der Waals surface area contributed by atoms with Crippen molar-refractivity contribution in [1.29, 1.82) is 0 Å². The van der Waals surface area contributed by atoms with Crippen molar-refractivity contribution in [3.8, 4) is 0 Å². The number of carbonyl (C=O) groups excluding carboxylic acids is 1. The van der Waals surface area contributed by atoms with Gasteiger partial charge in [-0.2, -0.15) is 0 Å². The molecule has 0 rings (SSSR count). The van der Waals surface area contributed by atoms with Gasteiger partial charge in [0, 0.05) is 13.0 Å². The van der Waals surface area contributed by atoms with E-state index >= 15 is 0 Å². The highest BCUT2D eigenvalue weighted by Crippen LogP contribution is 2.43. The van der Waals surface area contributed by atoms with Crippen LogP contribution >= 0.6 is 7.82 Å². The van der Waals surface area contributed by atoms with Crippen LogP contribution in [0.3, 0.4) is 0 Å². The molecule has 1 amide bonds. The topological polar surface area (TPSA) is 131 Å². The fourth-order valence-electron chi connectivity index (χ4n) is 4.78. The number of rotatable bonds is 31. The van der Waals surface area contributed by atoms with Crippen LogP contribution in [0.25, 0.3) is 0 Å². The van der Waals surface area contributed by atoms with Crippen molar-refractivity contribution >= 4 is 13.7 Å². The van der Waals surface area contributed by atoms with E-state index in [9.17, 15) is 19.4 Å². The lowest BCUT2D eigenvalue weighted by molar-refractivity contribution is -0.123. The lowest BCUT2D eigenvalue weighted by atomic mass is 10.0. The zero-order valence-corrected chi connectivity index (χ0v) is 27.4. The zero-order chi connectivity index (χ0) is 30.4. The molecule has 0 heterocycles. The standard InChI is InChI=1S/C32H65N2O6P/c1-3-5-7-9-11-13-14-15-16-18-20-22-24-26-32(36)34-30(29-40-41(37,38)39-28-27-33)31(35)25-23-21-19-17-12-10-8-6-4-2/h23,25,30-31,35H,3-22,24,26-29,33H2,1-2H3,(H,34,36)(H,37,38)/b25-23+/t30-,31+/m0/s1. The Bertz CT molecular complexity index is 664. The van der Waals surface area contributed by atoms with Crippen LogP contribution in [0.4, 0.5) is 0 Å². The second kappa shape index (κ2) is 29.3. The molecule has 0 aromatic rings. The molecule has 0 aliphatic heterocycles. The third-order valence-electron chi connectivity index (χ3n) is 7.36. The first-order valence-corrected chi connectivity index (χ1v) is 18.3. The fraction of sp³-hybridized carbons (Fsp3) is 0.906. The normalized spacial score (nSPS) is 14.8. The Morgan fingerprint density at radius 3 is 1.73 bits per heavy atom. The number of aliphatic hydroxyl groups is 1. The summed E-state index contributed by atoms with van der Waals surface area (Å²) in [6, 6.07) is -0.850.